The molecule has 5 rings (SSSR count). The van der Waals surface area contributed by atoms with Gasteiger partial charge in [0.1, 0.15) is 51.7 Å². The quantitative estimate of drug-likeness (QED) is 0.0883. The number of furan rings is 1. The van der Waals surface area contributed by atoms with Crippen LogP contribution >= 0.6 is 19.4 Å². The number of hydrogen-bond donors (Lipinski definition) is 3. The van der Waals surface area contributed by atoms with Gasteiger partial charge in [0.25, 0.3) is 0 Å². The fraction of sp³-hybridized carbons (Fsp3) is 0.194. The van der Waals surface area contributed by atoms with Gasteiger partial charge in [-0.1, -0.05) is 23.7 Å². The van der Waals surface area contributed by atoms with Crippen molar-refractivity contribution in [3.8, 4) is 17.1 Å². The zero-order valence-corrected chi connectivity index (χ0v) is 28.1. The van der Waals surface area contributed by atoms with Gasteiger partial charge in [-0.3, -0.25) is 4.90 Å². The average Bonchev–Trinajstić information content (AvgIpc) is 3.50. The summed E-state index contributed by atoms with van der Waals surface area (Å²) in [4.78, 5) is 40.0. The number of ether oxygens (including phenoxy) is 2. The summed E-state index contributed by atoms with van der Waals surface area (Å²) < 4.78 is 68.5. The van der Waals surface area contributed by atoms with Gasteiger partial charge >= 0.3 is 13.9 Å². The second-order valence-electron chi connectivity index (χ2n) is 10.6. The molecule has 0 aliphatic carbocycles. The summed E-state index contributed by atoms with van der Waals surface area (Å²) in [5.74, 6) is 0.810. The summed E-state index contributed by atoms with van der Waals surface area (Å²) >= 11 is 6.48. The first-order chi connectivity index (χ1) is 23.2. The lowest BCUT2D eigenvalue weighted by Crippen LogP contribution is -2.35. The van der Waals surface area contributed by atoms with Gasteiger partial charge in [0.15, 0.2) is 0 Å². The second kappa shape index (κ2) is 15.3. The number of anilines is 2. The molecule has 0 aliphatic heterocycles. The Balaban J connectivity index is 1.31. The topological polar surface area (TPSA) is 191 Å². The van der Waals surface area contributed by atoms with Crippen LogP contribution in [0.25, 0.3) is 22.2 Å². The molecule has 0 saturated heterocycles. The summed E-state index contributed by atoms with van der Waals surface area (Å²) in [7, 11) is -8.37. The highest BCUT2D eigenvalue weighted by Gasteiger charge is 2.22. The molecule has 3 aromatic carbocycles. The first-order valence-electron chi connectivity index (χ1n) is 14.3. The van der Waals surface area contributed by atoms with Crippen LogP contribution in [-0.4, -0.2) is 64.5 Å². The molecule has 0 unspecified atom stereocenters. The number of fused-ring (bicyclic) bond motifs is 1. The van der Waals surface area contributed by atoms with E-state index in [1.165, 1.54) is 18.5 Å². The van der Waals surface area contributed by atoms with E-state index in [0.717, 1.165) is 11.2 Å². The summed E-state index contributed by atoms with van der Waals surface area (Å²) in [6.07, 6.45) is 1.34. The van der Waals surface area contributed by atoms with Crippen LogP contribution in [0.3, 0.4) is 0 Å². The number of phosphoric ester groups is 1. The van der Waals surface area contributed by atoms with Crippen molar-refractivity contribution >= 4 is 57.8 Å². The van der Waals surface area contributed by atoms with Crippen molar-refractivity contribution in [3.05, 3.63) is 101 Å². The van der Waals surface area contributed by atoms with Crippen molar-refractivity contribution in [3.63, 3.8) is 0 Å². The number of hydrogen-bond acceptors (Lipinski definition) is 11. The van der Waals surface area contributed by atoms with Crippen molar-refractivity contribution < 1.29 is 50.4 Å². The average molecular weight is 735 g/mol. The number of rotatable bonds is 14. The highest BCUT2D eigenvalue weighted by atomic mass is 35.5. The van der Waals surface area contributed by atoms with Crippen LogP contribution < -0.4 is 10.1 Å². The van der Waals surface area contributed by atoms with Crippen molar-refractivity contribution in [1.82, 2.24) is 14.9 Å². The van der Waals surface area contributed by atoms with E-state index < -0.39 is 36.3 Å². The molecule has 258 valence electrons. The van der Waals surface area contributed by atoms with E-state index in [1.54, 1.807) is 60.7 Å². The van der Waals surface area contributed by atoms with Gasteiger partial charge in [0.05, 0.1) is 22.8 Å². The lowest BCUT2D eigenvalue weighted by atomic mass is 10.1. The largest absolute Gasteiger partial charge is 0.487 e. The van der Waals surface area contributed by atoms with Gasteiger partial charge in [-0.25, -0.2) is 36.7 Å². The molecule has 0 radical (unpaired) electrons. The Morgan fingerprint density at radius 1 is 1.08 bits per heavy atom. The minimum Gasteiger partial charge on any atom is -0.487 e. The molecule has 0 aliphatic rings. The first kappa shape index (κ1) is 35.7. The zero-order valence-electron chi connectivity index (χ0n) is 25.7. The van der Waals surface area contributed by atoms with E-state index in [-0.39, 0.29) is 31.3 Å². The van der Waals surface area contributed by atoms with E-state index in [4.69, 9.17) is 35.3 Å². The maximum absolute atomic E-state index is 13.5. The third-order valence-corrected chi connectivity index (χ3v) is 8.46. The molecule has 18 heteroatoms. The van der Waals surface area contributed by atoms with Gasteiger partial charge in [-0.05, 0) is 66.2 Å². The smallest absolute Gasteiger partial charge is 0.472 e. The van der Waals surface area contributed by atoms with Crippen molar-refractivity contribution in [2.24, 2.45) is 0 Å². The number of phosphoric acid groups is 1. The number of sulfone groups is 1. The Labute approximate surface area is 284 Å². The predicted molar refractivity (Wildman–Crippen MR) is 177 cm³/mol. The first-order valence-corrected chi connectivity index (χ1v) is 18.3. The fourth-order valence-electron chi connectivity index (χ4n) is 4.48. The number of halogens is 2. The van der Waals surface area contributed by atoms with Gasteiger partial charge in [0.2, 0.25) is 6.79 Å². The Morgan fingerprint density at radius 3 is 2.63 bits per heavy atom. The van der Waals surface area contributed by atoms with E-state index in [9.17, 15) is 22.2 Å². The van der Waals surface area contributed by atoms with Crippen LogP contribution in [0.2, 0.25) is 5.02 Å². The van der Waals surface area contributed by atoms with E-state index in [2.05, 4.69) is 19.8 Å². The molecule has 3 N–H and O–H groups in total. The summed E-state index contributed by atoms with van der Waals surface area (Å²) in [5, 5.41) is 4.20. The molecular weight excluding hydrogens is 706 g/mol. The third-order valence-electron chi connectivity index (χ3n) is 6.80. The number of benzene rings is 3. The lowest BCUT2D eigenvalue weighted by molar-refractivity contribution is 0.0191. The van der Waals surface area contributed by atoms with Crippen molar-refractivity contribution in [2.45, 2.75) is 13.2 Å². The molecule has 2 aromatic heterocycles. The van der Waals surface area contributed by atoms with Gasteiger partial charge < -0.3 is 29.0 Å². The molecule has 0 fully saturated rings. The summed E-state index contributed by atoms with van der Waals surface area (Å²) in [6.45, 7) is -1.40. The Hall–Kier alpha value is -4.57. The van der Waals surface area contributed by atoms with Crippen LogP contribution in [0.4, 0.5) is 20.7 Å². The summed E-state index contributed by atoms with van der Waals surface area (Å²) in [6, 6.07) is 19.8. The van der Waals surface area contributed by atoms with Gasteiger partial charge in [-0.15, -0.1) is 0 Å². The number of carbonyl (C=O) groups is 1. The van der Waals surface area contributed by atoms with Gasteiger partial charge in [-0.2, -0.15) is 0 Å². The molecule has 14 nitrogen and oxygen atoms in total. The third kappa shape index (κ3) is 10.5. The maximum Gasteiger partial charge on any atom is 0.472 e. The highest BCUT2D eigenvalue weighted by molar-refractivity contribution is 7.90. The van der Waals surface area contributed by atoms with E-state index in [1.807, 2.05) is 0 Å². The van der Waals surface area contributed by atoms with Crippen LogP contribution in [-0.2, 0) is 36.8 Å². The molecular formula is C31H29ClFN4O10PS. The van der Waals surface area contributed by atoms with Crippen LogP contribution in [0.1, 0.15) is 11.3 Å². The molecule has 5 aromatic rings. The van der Waals surface area contributed by atoms with Crippen LogP contribution in [0, 0.1) is 5.82 Å². The Kier molecular flexibility index (Phi) is 11.2. The van der Waals surface area contributed by atoms with Gasteiger partial charge in [0, 0.05) is 29.4 Å². The van der Waals surface area contributed by atoms with Crippen LogP contribution in [0.5, 0.6) is 5.75 Å². The zero-order chi connectivity index (χ0) is 35.2. The molecule has 0 saturated carbocycles. The minimum absolute atomic E-state index is 0.134. The number of carbonyl (C=O) groups excluding carboxylic acids is 1. The summed E-state index contributed by atoms with van der Waals surface area (Å²) in [5.41, 5.74) is 2.53. The Bertz CT molecular complexity index is 2130. The Morgan fingerprint density at radius 2 is 1.90 bits per heavy atom. The van der Waals surface area contributed by atoms with Crippen molar-refractivity contribution in [2.75, 3.05) is 30.7 Å². The number of nitrogens with zero attached hydrogens (tertiary/aromatic N) is 3. The van der Waals surface area contributed by atoms with Crippen molar-refractivity contribution in [1.29, 1.82) is 0 Å². The number of nitrogens with one attached hydrogen (secondary N) is 1. The van der Waals surface area contributed by atoms with E-state index in [0.29, 0.717) is 50.1 Å². The maximum atomic E-state index is 13.5. The lowest BCUT2D eigenvalue weighted by Gasteiger charge is -2.20. The molecule has 49 heavy (non-hydrogen) atoms. The minimum atomic E-state index is -4.90. The fourth-order valence-corrected chi connectivity index (χ4v) is 5.46. The SMILES string of the molecule is CS(=O)(=O)CCN(Cc1ccc(-c2ccc3ncnc(Nc4ccc(OCc5cccc(F)c5)c(Cl)c4)c3c2)o1)C(=O)OCOP(=O)(O)O. The molecule has 2 heterocycles. The molecule has 0 spiro atoms. The monoisotopic (exact) mass is 734 g/mol. The standard InChI is InChI=1S/C31H29ClFN4O10PS/c1-49(42,43)12-11-37(31(38)45-19-46-48(39,40)41)16-24-7-10-28(47-24)21-5-8-27-25(14-21)30(35-18-34-27)36-23-6-9-29(26(32)15-23)44-17-20-3-2-4-22(33)13-20/h2-10,13-15,18H,11-12,16-17,19H2,1H3,(H,34,35,36)(H2,39,40,41). The molecule has 1 amide bonds. The second-order valence-corrected chi connectivity index (χ2v) is 14.5. The molecule has 0 bridgehead atoms. The highest BCUT2D eigenvalue weighted by Crippen LogP contribution is 2.36. The number of aromatic nitrogens is 2. The van der Waals surface area contributed by atoms with Crippen LogP contribution in [0.15, 0.2) is 83.5 Å². The molecule has 0 atom stereocenters. The normalized spacial score (nSPS) is 11.8. The number of amides is 1. The van der Waals surface area contributed by atoms with E-state index >= 15 is 0 Å². The predicted octanol–water partition coefficient (Wildman–Crippen LogP) is 6.05.